The summed E-state index contributed by atoms with van der Waals surface area (Å²) in [7, 11) is 0. The normalized spacial score (nSPS) is 13.3. The highest BCUT2D eigenvalue weighted by Gasteiger charge is 2.35. The lowest BCUT2D eigenvalue weighted by Gasteiger charge is -2.33. The summed E-state index contributed by atoms with van der Waals surface area (Å²) in [4.78, 5) is 76.6. The standard InChI is InChI=1S/C30H50N2O10.C17H26O6/c1-21(2)13-14-25(19-37-28(33)24(7)8)40-29(34)31-15-11-9-10-12-16-32-30(35)41-26(17-27(42-36)23(5)6)20-39-38-18-22(3)4;1-5-9-10-17(12-15(7-3)23-19,13-20-16(18)8-4)14-22-21-11-6-2/h25-27,36H,1,3,5,7,9-20H2,2,4,6,8H3,(H,31,34)(H,32,35);5-8,15,19H,1-4,9-14H2. The van der Waals surface area contributed by atoms with Gasteiger partial charge in [0.05, 0.1) is 13.2 Å². The van der Waals surface area contributed by atoms with Gasteiger partial charge in [0.1, 0.15) is 50.8 Å². The van der Waals surface area contributed by atoms with Crippen molar-refractivity contribution in [2.24, 2.45) is 5.41 Å². The fraction of sp³-hybridized carbons (Fsp3) is 0.574. The summed E-state index contributed by atoms with van der Waals surface area (Å²) in [5.41, 5.74) is 1.89. The molecule has 65 heavy (non-hydrogen) atoms. The van der Waals surface area contributed by atoms with E-state index in [-0.39, 0.29) is 51.6 Å². The Balaban J connectivity index is 0. The molecule has 4 N–H and O–H groups in total. The first-order chi connectivity index (χ1) is 30.9. The zero-order valence-electron chi connectivity index (χ0n) is 39.1. The van der Waals surface area contributed by atoms with Gasteiger partial charge in [0.15, 0.2) is 0 Å². The third-order valence-corrected chi connectivity index (χ3v) is 8.86. The zero-order chi connectivity index (χ0) is 49.5. The number of rotatable bonds is 39. The molecule has 0 saturated carbocycles. The Morgan fingerprint density at radius 3 is 1.83 bits per heavy atom. The van der Waals surface area contributed by atoms with Gasteiger partial charge in [-0.3, -0.25) is 10.5 Å². The predicted octanol–water partition coefficient (Wildman–Crippen LogP) is 8.80. The Morgan fingerprint density at radius 2 is 1.34 bits per heavy atom. The van der Waals surface area contributed by atoms with E-state index in [2.05, 4.69) is 73.0 Å². The van der Waals surface area contributed by atoms with Gasteiger partial charge in [-0.25, -0.2) is 48.5 Å². The van der Waals surface area contributed by atoms with E-state index in [4.69, 9.17) is 49.0 Å². The van der Waals surface area contributed by atoms with Crippen LogP contribution in [0.1, 0.15) is 91.9 Å². The highest BCUT2D eigenvalue weighted by atomic mass is 17.2. The molecular weight excluding hydrogens is 849 g/mol. The van der Waals surface area contributed by atoms with Gasteiger partial charge in [-0.1, -0.05) is 68.5 Å². The summed E-state index contributed by atoms with van der Waals surface area (Å²) in [6, 6.07) is 0. The molecule has 2 amide bonds. The van der Waals surface area contributed by atoms with Gasteiger partial charge >= 0.3 is 24.1 Å². The first-order valence-corrected chi connectivity index (χ1v) is 21.3. The first-order valence-electron chi connectivity index (χ1n) is 21.3. The number of allylic oxidation sites excluding steroid dienone is 2. The van der Waals surface area contributed by atoms with Crippen molar-refractivity contribution in [2.45, 2.75) is 116 Å². The monoisotopic (exact) mass is 925 g/mol. The van der Waals surface area contributed by atoms with Gasteiger partial charge in [-0.2, -0.15) is 0 Å². The number of amides is 2. The van der Waals surface area contributed by atoms with Crippen molar-refractivity contribution in [1.82, 2.24) is 10.6 Å². The summed E-state index contributed by atoms with van der Waals surface area (Å²) >= 11 is 0. The van der Waals surface area contributed by atoms with Crippen LogP contribution in [0.4, 0.5) is 9.59 Å². The molecule has 0 aromatic rings. The van der Waals surface area contributed by atoms with Crippen LogP contribution in [0.15, 0.2) is 99.2 Å². The van der Waals surface area contributed by atoms with E-state index in [9.17, 15) is 19.2 Å². The minimum Gasteiger partial charge on any atom is -0.462 e. The Bertz CT molecular complexity index is 1480. The fourth-order valence-electron chi connectivity index (χ4n) is 5.19. The van der Waals surface area contributed by atoms with Crippen molar-refractivity contribution >= 4 is 24.1 Å². The first kappa shape index (κ1) is 62.2. The van der Waals surface area contributed by atoms with E-state index in [1.54, 1.807) is 32.9 Å². The quantitative estimate of drug-likeness (QED) is 0.00859. The molecule has 0 saturated heterocycles. The van der Waals surface area contributed by atoms with Crippen LogP contribution >= 0.6 is 0 Å². The van der Waals surface area contributed by atoms with E-state index in [1.165, 1.54) is 6.08 Å². The molecule has 0 bridgehead atoms. The molecular formula is C47H76N2O16. The number of unbranched alkanes of at least 4 members (excludes halogenated alkanes) is 3. The second kappa shape index (κ2) is 39.4. The molecule has 18 heteroatoms. The van der Waals surface area contributed by atoms with E-state index in [0.717, 1.165) is 30.1 Å². The number of carbonyl (C=O) groups excluding carboxylic acids is 4. The van der Waals surface area contributed by atoms with Gasteiger partial charge in [0, 0.05) is 36.6 Å². The smallest absolute Gasteiger partial charge is 0.407 e. The minimum atomic E-state index is -0.756. The molecule has 18 nitrogen and oxygen atoms in total. The third kappa shape index (κ3) is 35.1. The van der Waals surface area contributed by atoms with Crippen LogP contribution in [-0.4, -0.2) is 112 Å². The molecule has 0 spiro atoms. The van der Waals surface area contributed by atoms with E-state index in [0.29, 0.717) is 63.6 Å². The molecule has 0 fully saturated rings. The molecule has 370 valence electrons. The van der Waals surface area contributed by atoms with Gasteiger partial charge < -0.3 is 29.6 Å². The lowest BCUT2D eigenvalue weighted by Crippen LogP contribution is -2.37. The second-order valence-corrected chi connectivity index (χ2v) is 15.4. The van der Waals surface area contributed by atoms with E-state index >= 15 is 0 Å². The van der Waals surface area contributed by atoms with Crippen LogP contribution in [0.3, 0.4) is 0 Å². The zero-order valence-corrected chi connectivity index (χ0v) is 39.1. The molecule has 0 aliphatic carbocycles. The van der Waals surface area contributed by atoms with Gasteiger partial charge in [-0.15, -0.1) is 26.3 Å². The average molecular weight is 925 g/mol. The molecule has 5 unspecified atom stereocenters. The fourth-order valence-corrected chi connectivity index (χ4v) is 5.19. The molecule has 0 rings (SSSR count). The summed E-state index contributed by atoms with van der Waals surface area (Å²) in [5.74, 6) is -1.08. The summed E-state index contributed by atoms with van der Waals surface area (Å²) in [6.45, 7) is 37.2. The number of alkyl carbamates (subject to hydrolysis) is 2. The summed E-state index contributed by atoms with van der Waals surface area (Å²) in [5, 5.41) is 23.4. The molecule has 0 heterocycles. The van der Waals surface area contributed by atoms with Crippen LogP contribution in [-0.2, 0) is 57.9 Å². The van der Waals surface area contributed by atoms with E-state index in [1.807, 2.05) is 6.92 Å². The largest absolute Gasteiger partial charge is 0.462 e. The topological polar surface area (TPSA) is 225 Å². The third-order valence-electron chi connectivity index (χ3n) is 8.86. The molecule has 0 aliphatic rings. The van der Waals surface area contributed by atoms with Gasteiger partial charge in [0.25, 0.3) is 0 Å². The highest BCUT2D eigenvalue weighted by molar-refractivity contribution is 5.87. The van der Waals surface area contributed by atoms with Crippen molar-refractivity contribution in [3.8, 4) is 0 Å². The van der Waals surface area contributed by atoms with Crippen LogP contribution in [0, 0.1) is 5.41 Å². The predicted molar refractivity (Wildman–Crippen MR) is 246 cm³/mol. The number of hydrogen-bond donors (Lipinski definition) is 4. The number of carbonyl (C=O) groups is 4. The number of ether oxygens (including phenoxy) is 4. The maximum atomic E-state index is 12.3. The molecule has 0 aliphatic heterocycles. The molecule has 0 radical (unpaired) electrons. The van der Waals surface area contributed by atoms with Crippen LogP contribution in [0.2, 0.25) is 0 Å². The Labute approximate surface area is 385 Å². The number of nitrogens with one attached hydrogen (secondary N) is 2. The van der Waals surface area contributed by atoms with Crippen LogP contribution in [0.25, 0.3) is 0 Å². The van der Waals surface area contributed by atoms with Crippen molar-refractivity contribution in [1.29, 1.82) is 0 Å². The van der Waals surface area contributed by atoms with Crippen LogP contribution in [0.5, 0.6) is 0 Å². The molecule has 5 atom stereocenters. The van der Waals surface area contributed by atoms with Gasteiger partial charge in [0.2, 0.25) is 0 Å². The van der Waals surface area contributed by atoms with E-state index < -0.39 is 54.0 Å². The lowest BCUT2D eigenvalue weighted by molar-refractivity contribution is -0.313. The average Bonchev–Trinajstić information content (AvgIpc) is 3.27. The minimum absolute atomic E-state index is 0.0524. The lowest BCUT2D eigenvalue weighted by atomic mass is 9.79. The highest BCUT2D eigenvalue weighted by Crippen LogP contribution is 2.33. The summed E-state index contributed by atoms with van der Waals surface area (Å²) in [6.07, 6.45) is 7.77. The number of esters is 2. The van der Waals surface area contributed by atoms with Crippen molar-refractivity contribution in [3.63, 3.8) is 0 Å². The van der Waals surface area contributed by atoms with Crippen molar-refractivity contribution in [2.75, 3.05) is 52.7 Å². The summed E-state index contributed by atoms with van der Waals surface area (Å²) < 4.78 is 21.1. The molecule has 0 aromatic heterocycles. The SMILES string of the molecule is C=C(C)CCC(COC(=O)C(=C)C)OC(=O)NCCCCCCNC(=O)OC(COOCC(=C)C)CC(OO)C(=C)C.C=CCCC(COOCC=C)(COC(=O)C=C)CC(C=C)OO. The Morgan fingerprint density at radius 1 is 0.708 bits per heavy atom. The maximum Gasteiger partial charge on any atom is 0.407 e. The number of hydrogen-bond acceptors (Lipinski definition) is 16. The van der Waals surface area contributed by atoms with Gasteiger partial charge in [-0.05, 0) is 78.2 Å². The second-order valence-electron chi connectivity index (χ2n) is 15.4. The Kier molecular flexibility index (Phi) is 37.7. The molecule has 0 aromatic carbocycles. The van der Waals surface area contributed by atoms with Crippen molar-refractivity contribution < 1.29 is 78.0 Å². The van der Waals surface area contributed by atoms with Crippen molar-refractivity contribution in [3.05, 3.63) is 99.2 Å². The van der Waals surface area contributed by atoms with Crippen LogP contribution < -0.4 is 10.6 Å². The Hall–Kier alpha value is -4.92. The maximum absolute atomic E-state index is 12.3.